The van der Waals surface area contributed by atoms with Crippen molar-refractivity contribution < 1.29 is 5.11 Å². The van der Waals surface area contributed by atoms with Gasteiger partial charge in [0.15, 0.2) is 5.96 Å². The van der Waals surface area contributed by atoms with Crippen LogP contribution in [0.15, 0.2) is 27.9 Å². The molecular formula is C18H28N4OS2. The SMILES string of the molecule is CCNC(=NCC(C)(O)c1cccs1)NCCCCc1nc(C)cs1. The van der Waals surface area contributed by atoms with Crippen molar-refractivity contribution in [3.63, 3.8) is 0 Å². The van der Waals surface area contributed by atoms with Crippen LogP contribution in [0.25, 0.3) is 0 Å². The molecule has 7 heteroatoms. The standard InChI is InChI=1S/C18H28N4OS2/c1-4-19-17(21-13-18(3,23)15-8-7-11-24-15)20-10-6-5-9-16-22-14(2)12-25-16/h7-8,11-12,23H,4-6,9-10,13H2,1-3H3,(H2,19,20,21). The molecule has 5 nitrogen and oxygen atoms in total. The number of aliphatic hydroxyl groups is 1. The Kier molecular flexibility index (Phi) is 7.87. The Labute approximate surface area is 158 Å². The fourth-order valence-electron chi connectivity index (χ4n) is 2.36. The van der Waals surface area contributed by atoms with Crippen LogP contribution in [-0.2, 0) is 12.0 Å². The maximum Gasteiger partial charge on any atom is 0.191 e. The van der Waals surface area contributed by atoms with Crippen molar-refractivity contribution in [2.45, 2.75) is 45.6 Å². The molecule has 138 valence electrons. The van der Waals surface area contributed by atoms with Gasteiger partial charge in [0.05, 0.1) is 11.6 Å². The number of unbranched alkanes of at least 4 members (excludes halogenated alkanes) is 1. The van der Waals surface area contributed by atoms with Gasteiger partial charge in [-0.1, -0.05) is 6.07 Å². The molecule has 3 N–H and O–H groups in total. The summed E-state index contributed by atoms with van der Waals surface area (Å²) in [5, 5.41) is 22.4. The van der Waals surface area contributed by atoms with Gasteiger partial charge in [-0.15, -0.1) is 22.7 Å². The summed E-state index contributed by atoms with van der Waals surface area (Å²) in [6.07, 6.45) is 3.19. The number of thiazole rings is 1. The number of aliphatic imine (C=N–C) groups is 1. The first-order chi connectivity index (χ1) is 12.0. The highest BCUT2D eigenvalue weighted by molar-refractivity contribution is 7.10. The van der Waals surface area contributed by atoms with Gasteiger partial charge in [-0.25, -0.2) is 9.98 Å². The molecule has 0 radical (unpaired) electrons. The quantitative estimate of drug-likeness (QED) is 0.355. The zero-order chi connectivity index (χ0) is 18.1. The predicted octanol–water partition coefficient (Wildman–Crippen LogP) is 3.30. The lowest BCUT2D eigenvalue weighted by atomic mass is 10.1. The van der Waals surface area contributed by atoms with E-state index in [-0.39, 0.29) is 0 Å². The number of nitrogens with one attached hydrogen (secondary N) is 2. The van der Waals surface area contributed by atoms with Crippen LogP contribution in [0, 0.1) is 6.92 Å². The largest absolute Gasteiger partial charge is 0.383 e. The zero-order valence-corrected chi connectivity index (χ0v) is 16.8. The fraction of sp³-hybridized carbons (Fsp3) is 0.556. The van der Waals surface area contributed by atoms with Gasteiger partial charge in [0.2, 0.25) is 0 Å². The van der Waals surface area contributed by atoms with Crippen LogP contribution < -0.4 is 10.6 Å². The average Bonchev–Trinajstić information content (AvgIpc) is 3.24. The number of aryl methyl sites for hydroxylation is 2. The smallest absolute Gasteiger partial charge is 0.191 e. The summed E-state index contributed by atoms with van der Waals surface area (Å²) in [6, 6.07) is 3.90. The molecule has 2 rings (SSSR count). The molecule has 0 aromatic carbocycles. The highest BCUT2D eigenvalue weighted by atomic mass is 32.1. The van der Waals surface area contributed by atoms with Crippen LogP contribution >= 0.6 is 22.7 Å². The van der Waals surface area contributed by atoms with Crippen molar-refractivity contribution in [2.24, 2.45) is 4.99 Å². The third kappa shape index (κ3) is 6.76. The summed E-state index contributed by atoms with van der Waals surface area (Å²) in [7, 11) is 0. The molecule has 0 aliphatic rings. The fourth-order valence-corrected chi connectivity index (χ4v) is 3.96. The van der Waals surface area contributed by atoms with E-state index in [1.54, 1.807) is 22.7 Å². The molecular weight excluding hydrogens is 352 g/mol. The van der Waals surface area contributed by atoms with Crippen molar-refractivity contribution in [2.75, 3.05) is 19.6 Å². The van der Waals surface area contributed by atoms with Gasteiger partial charge >= 0.3 is 0 Å². The summed E-state index contributed by atoms with van der Waals surface area (Å²) < 4.78 is 0. The van der Waals surface area contributed by atoms with Gasteiger partial charge < -0.3 is 15.7 Å². The normalized spacial score (nSPS) is 14.3. The van der Waals surface area contributed by atoms with E-state index in [9.17, 15) is 5.11 Å². The molecule has 0 fully saturated rings. The first kappa shape index (κ1) is 19.9. The van der Waals surface area contributed by atoms with E-state index in [1.165, 1.54) is 5.01 Å². The number of rotatable bonds is 9. The Morgan fingerprint density at radius 1 is 1.32 bits per heavy atom. The molecule has 25 heavy (non-hydrogen) atoms. The Hall–Kier alpha value is -1.44. The van der Waals surface area contributed by atoms with Gasteiger partial charge in [0, 0.05) is 29.0 Å². The van der Waals surface area contributed by atoms with Gasteiger partial charge in [-0.05, 0) is 51.5 Å². The zero-order valence-electron chi connectivity index (χ0n) is 15.2. The lowest BCUT2D eigenvalue weighted by Crippen LogP contribution is -2.39. The predicted molar refractivity (Wildman–Crippen MR) is 108 cm³/mol. The molecule has 1 atom stereocenters. The number of nitrogens with zero attached hydrogens (tertiary/aromatic N) is 2. The number of guanidine groups is 1. The summed E-state index contributed by atoms with van der Waals surface area (Å²) >= 11 is 3.29. The van der Waals surface area contributed by atoms with E-state index in [2.05, 4.69) is 26.0 Å². The number of hydrogen-bond donors (Lipinski definition) is 3. The number of hydrogen-bond acceptors (Lipinski definition) is 5. The average molecular weight is 381 g/mol. The Balaban J connectivity index is 1.75. The minimum Gasteiger partial charge on any atom is -0.383 e. The highest BCUT2D eigenvalue weighted by Gasteiger charge is 2.23. The first-order valence-electron chi connectivity index (χ1n) is 8.71. The minimum atomic E-state index is -0.931. The topological polar surface area (TPSA) is 69.5 Å². The van der Waals surface area contributed by atoms with Gasteiger partial charge in [-0.2, -0.15) is 0 Å². The van der Waals surface area contributed by atoms with Crippen molar-refractivity contribution in [3.8, 4) is 0 Å². The summed E-state index contributed by atoms with van der Waals surface area (Å²) in [5.41, 5.74) is 0.177. The molecule has 0 aliphatic carbocycles. The molecule has 2 aromatic rings. The second-order valence-corrected chi connectivity index (χ2v) is 8.10. The molecule has 0 amide bonds. The Morgan fingerprint density at radius 2 is 2.16 bits per heavy atom. The summed E-state index contributed by atoms with van der Waals surface area (Å²) in [6.45, 7) is 7.87. The maximum atomic E-state index is 10.6. The molecule has 0 saturated carbocycles. The Bertz CT molecular complexity index is 650. The molecule has 2 aromatic heterocycles. The maximum absolute atomic E-state index is 10.6. The summed E-state index contributed by atoms with van der Waals surface area (Å²) in [5.74, 6) is 0.754. The first-order valence-corrected chi connectivity index (χ1v) is 10.5. The molecule has 1 unspecified atom stereocenters. The Morgan fingerprint density at radius 3 is 2.80 bits per heavy atom. The third-order valence-electron chi connectivity index (χ3n) is 3.72. The van der Waals surface area contributed by atoms with Gasteiger partial charge in [-0.3, -0.25) is 0 Å². The molecule has 0 saturated heterocycles. The highest BCUT2D eigenvalue weighted by Crippen LogP contribution is 2.25. The molecule has 0 aliphatic heterocycles. The minimum absolute atomic E-state index is 0.335. The van der Waals surface area contributed by atoms with Crippen LogP contribution in [0.3, 0.4) is 0 Å². The van der Waals surface area contributed by atoms with Crippen LogP contribution in [0.2, 0.25) is 0 Å². The van der Waals surface area contributed by atoms with E-state index in [0.29, 0.717) is 6.54 Å². The van der Waals surface area contributed by atoms with Crippen LogP contribution in [0.1, 0.15) is 42.3 Å². The van der Waals surface area contributed by atoms with E-state index >= 15 is 0 Å². The molecule has 0 spiro atoms. The number of aromatic nitrogens is 1. The van der Waals surface area contributed by atoms with E-state index in [1.807, 2.05) is 38.3 Å². The molecule has 0 bridgehead atoms. The lowest BCUT2D eigenvalue weighted by molar-refractivity contribution is 0.0711. The van der Waals surface area contributed by atoms with E-state index in [0.717, 1.165) is 48.9 Å². The second kappa shape index (κ2) is 9.89. The van der Waals surface area contributed by atoms with Crippen molar-refractivity contribution in [1.82, 2.24) is 15.6 Å². The van der Waals surface area contributed by atoms with Gasteiger partial charge in [0.1, 0.15) is 5.60 Å². The van der Waals surface area contributed by atoms with E-state index in [4.69, 9.17) is 0 Å². The summed E-state index contributed by atoms with van der Waals surface area (Å²) in [4.78, 5) is 9.97. The van der Waals surface area contributed by atoms with Gasteiger partial charge in [0.25, 0.3) is 0 Å². The lowest BCUT2D eigenvalue weighted by Gasteiger charge is -2.20. The number of thiophene rings is 1. The van der Waals surface area contributed by atoms with Crippen molar-refractivity contribution >= 4 is 28.6 Å². The molecule has 2 heterocycles. The van der Waals surface area contributed by atoms with Crippen LogP contribution in [0.5, 0.6) is 0 Å². The van der Waals surface area contributed by atoms with Crippen LogP contribution in [-0.4, -0.2) is 35.7 Å². The van der Waals surface area contributed by atoms with Crippen molar-refractivity contribution in [3.05, 3.63) is 38.5 Å². The van der Waals surface area contributed by atoms with Crippen LogP contribution in [0.4, 0.5) is 0 Å². The van der Waals surface area contributed by atoms with E-state index < -0.39 is 5.60 Å². The monoisotopic (exact) mass is 380 g/mol. The third-order valence-corrected chi connectivity index (χ3v) is 5.87. The second-order valence-electron chi connectivity index (χ2n) is 6.21. The van der Waals surface area contributed by atoms with Crippen molar-refractivity contribution in [1.29, 1.82) is 0 Å².